The van der Waals surface area contributed by atoms with E-state index in [9.17, 15) is 9.18 Å². The van der Waals surface area contributed by atoms with E-state index in [1.54, 1.807) is 12.1 Å². The number of benzene rings is 2. The topological polar surface area (TPSA) is 50.8 Å². The molecular formula is C23H27FN2O3. The third-order valence-electron chi connectivity index (χ3n) is 5.53. The summed E-state index contributed by atoms with van der Waals surface area (Å²) < 4.78 is 24.6. The van der Waals surface area contributed by atoms with E-state index in [0.717, 1.165) is 35.3 Å². The Bertz CT molecular complexity index is 835. The van der Waals surface area contributed by atoms with Crippen LogP contribution < -0.4 is 10.1 Å². The molecule has 1 heterocycles. The molecule has 29 heavy (non-hydrogen) atoms. The van der Waals surface area contributed by atoms with Crippen molar-refractivity contribution in [2.75, 3.05) is 13.2 Å². The van der Waals surface area contributed by atoms with Crippen LogP contribution in [0.4, 0.5) is 9.18 Å². The third-order valence-corrected chi connectivity index (χ3v) is 5.53. The highest BCUT2D eigenvalue weighted by atomic mass is 19.1. The largest absolute Gasteiger partial charge is 0.491 e. The first-order valence-electron chi connectivity index (χ1n) is 10.3. The molecule has 0 bridgehead atoms. The SMILES string of the molecule is O=C(NC1CCCC1)N1CCOc2ccc(COCc3ccc(F)cc3)cc2C1. The number of urea groups is 1. The van der Waals surface area contributed by atoms with Crippen molar-refractivity contribution in [1.82, 2.24) is 10.2 Å². The number of amides is 2. The molecular weight excluding hydrogens is 371 g/mol. The monoisotopic (exact) mass is 398 g/mol. The molecule has 0 atom stereocenters. The lowest BCUT2D eigenvalue weighted by Crippen LogP contribution is -2.44. The van der Waals surface area contributed by atoms with E-state index in [2.05, 4.69) is 5.32 Å². The van der Waals surface area contributed by atoms with Gasteiger partial charge in [-0.1, -0.05) is 31.0 Å². The summed E-state index contributed by atoms with van der Waals surface area (Å²) in [7, 11) is 0. The zero-order chi connectivity index (χ0) is 20.1. The molecule has 0 aromatic heterocycles. The van der Waals surface area contributed by atoms with Crippen molar-refractivity contribution >= 4 is 6.03 Å². The Kier molecular flexibility index (Phi) is 6.30. The number of ether oxygens (including phenoxy) is 2. The Morgan fingerprint density at radius 1 is 1.10 bits per heavy atom. The number of halogens is 1. The van der Waals surface area contributed by atoms with Crippen molar-refractivity contribution in [3.8, 4) is 5.75 Å². The Balaban J connectivity index is 1.35. The van der Waals surface area contributed by atoms with Crippen molar-refractivity contribution in [2.24, 2.45) is 0 Å². The van der Waals surface area contributed by atoms with Crippen molar-refractivity contribution < 1.29 is 18.7 Å². The zero-order valence-corrected chi connectivity index (χ0v) is 16.5. The minimum Gasteiger partial charge on any atom is -0.491 e. The van der Waals surface area contributed by atoms with E-state index in [-0.39, 0.29) is 11.8 Å². The smallest absolute Gasteiger partial charge is 0.318 e. The summed E-state index contributed by atoms with van der Waals surface area (Å²) in [5.41, 5.74) is 2.94. The standard InChI is InChI=1S/C23H27FN2O3/c24-20-8-5-17(6-9-20)15-28-16-18-7-10-22-19(13-18)14-26(11-12-29-22)23(27)25-21-3-1-2-4-21/h5-10,13,21H,1-4,11-12,14-16H2,(H,25,27). The predicted octanol–water partition coefficient (Wildman–Crippen LogP) is 4.39. The van der Waals surface area contributed by atoms with Crippen molar-refractivity contribution in [3.05, 3.63) is 65.0 Å². The summed E-state index contributed by atoms with van der Waals surface area (Å²) in [6.45, 7) is 2.46. The third kappa shape index (κ3) is 5.26. The van der Waals surface area contributed by atoms with Gasteiger partial charge in [-0.3, -0.25) is 0 Å². The first kappa shape index (κ1) is 19.7. The molecule has 2 aliphatic rings. The van der Waals surface area contributed by atoms with Crippen molar-refractivity contribution in [2.45, 2.75) is 51.5 Å². The van der Waals surface area contributed by atoms with Gasteiger partial charge in [-0.2, -0.15) is 0 Å². The van der Waals surface area contributed by atoms with Crippen LogP contribution in [-0.4, -0.2) is 30.1 Å². The van der Waals surface area contributed by atoms with Crippen molar-refractivity contribution in [3.63, 3.8) is 0 Å². The normalized spacial score (nSPS) is 16.8. The van der Waals surface area contributed by atoms with Crippen LogP contribution in [-0.2, 0) is 24.5 Å². The number of nitrogens with one attached hydrogen (secondary N) is 1. The van der Waals surface area contributed by atoms with Crippen molar-refractivity contribution in [1.29, 1.82) is 0 Å². The molecule has 0 radical (unpaired) electrons. The van der Waals surface area contributed by atoms with Gasteiger partial charge < -0.3 is 19.7 Å². The summed E-state index contributed by atoms with van der Waals surface area (Å²) in [6.07, 6.45) is 4.53. The molecule has 1 aliphatic heterocycles. The number of hydrogen-bond donors (Lipinski definition) is 1. The number of nitrogens with zero attached hydrogens (tertiary/aromatic N) is 1. The fourth-order valence-corrected chi connectivity index (χ4v) is 3.91. The van der Waals surface area contributed by atoms with E-state index in [4.69, 9.17) is 9.47 Å². The summed E-state index contributed by atoms with van der Waals surface area (Å²) in [4.78, 5) is 14.5. The summed E-state index contributed by atoms with van der Waals surface area (Å²) in [5, 5.41) is 3.16. The average Bonchev–Trinajstić information content (AvgIpc) is 3.13. The number of carbonyl (C=O) groups excluding carboxylic acids is 1. The second-order valence-electron chi connectivity index (χ2n) is 7.76. The van der Waals surface area contributed by atoms with Gasteiger partial charge in [0.25, 0.3) is 0 Å². The molecule has 2 aromatic carbocycles. The zero-order valence-electron chi connectivity index (χ0n) is 16.5. The molecule has 2 amide bonds. The fraction of sp³-hybridized carbons (Fsp3) is 0.435. The second-order valence-corrected chi connectivity index (χ2v) is 7.76. The second kappa shape index (κ2) is 9.27. The molecule has 154 valence electrons. The Labute approximate surface area is 170 Å². The molecule has 1 aliphatic carbocycles. The fourth-order valence-electron chi connectivity index (χ4n) is 3.91. The molecule has 1 saturated carbocycles. The van der Waals surface area contributed by atoms with Gasteiger partial charge in [0.2, 0.25) is 0 Å². The molecule has 0 saturated heterocycles. The van der Waals surface area contributed by atoms with Crippen LogP contribution in [0.2, 0.25) is 0 Å². The molecule has 4 rings (SSSR count). The lowest BCUT2D eigenvalue weighted by molar-refractivity contribution is 0.107. The average molecular weight is 398 g/mol. The molecule has 5 nitrogen and oxygen atoms in total. The van der Waals surface area contributed by atoms with E-state index in [1.165, 1.54) is 25.0 Å². The molecule has 0 spiro atoms. The van der Waals surface area contributed by atoms with E-state index < -0.39 is 0 Å². The predicted molar refractivity (Wildman–Crippen MR) is 108 cm³/mol. The van der Waals surface area contributed by atoms with Gasteiger partial charge in [-0.05, 0) is 48.2 Å². The number of hydrogen-bond acceptors (Lipinski definition) is 3. The van der Waals surface area contributed by atoms with Gasteiger partial charge >= 0.3 is 6.03 Å². The van der Waals surface area contributed by atoms with Crippen LogP contribution in [0.3, 0.4) is 0 Å². The first-order chi connectivity index (χ1) is 14.2. The molecule has 1 fully saturated rings. The van der Waals surface area contributed by atoms with Gasteiger partial charge in [0, 0.05) is 11.6 Å². The Morgan fingerprint density at radius 2 is 1.83 bits per heavy atom. The Morgan fingerprint density at radius 3 is 2.62 bits per heavy atom. The van der Waals surface area contributed by atoms with Crippen LogP contribution in [0.25, 0.3) is 0 Å². The lowest BCUT2D eigenvalue weighted by atomic mass is 10.1. The van der Waals surface area contributed by atoms with Crippen LogP contribution >= 0.6 is 0 Å². The molecule has 1 N–H and O–H groups in total. The quantitative estimate of drug-likeness (QED) is 0.813. The number of rotatable bonds is 5. The minimum atomic E-state index is -0.249. The van der Waals surface area contributed by atoms with Gasteiger partial charge in [-0.15, -0.1) is 0 Å². The van der Waals surface area contributed by atoms with Gasteiger partial charge in [0.15, 0.2) is 0 Å². The van der Waals surface area contributed by atoms with Crippen LogP contribution in [0.15, 0.2) is 42.5 Å². The maximum absolute atomic E-state index is 13.0. The summed E-state index contributed by atoms with van der Waals surface area (Å²) in [6, 6.07) is 12.6. The van der Waals surface area contributed by atoms with E-state index in [0.29, 0.717) is 39.0 Å². The van der Waals surface area contributed by atoms with Gasteiger partial charge in [0.05, 0.1) is 26.3 Å². The van der Waals surface area contributed by atoms with E-state index in [1.807, 2.05) is 23.1 Å². The number of fused-ring (bicyclic) bond motifs is 1. The maximum Gasteiger partial charge on any atom is 0.318 e. The highest BCUT2D eigenvalue weighted by Gasteiger charge is 2.23. The molecule has 2 aromatic rings. The van der Waals surface area contributed by atoms with Gasteiger partial charge in [-0.25, -0.2) is 9.18 Å². The summed E-state index contributed by atoms with van der Waals surface area (Å²) >= 11 is 0. The number of carbonyl (C=O) groups is 1. The van der Waals surface area contributed by atoms with Crippen LogP contribution in [0.1, 0.15) is 42.4 Å². The maximum atomic E-state index is 13.0. The lowest BCUT2D eigenvalue weighted by Gasteiger charge is -2.23. The van der Waals surface area contributed by atoms with Crippen LogP contribution in [0, 0.1) is 5.82 Å². The van der Waals surface area contributed by atoms with Gasteiger partial charge in [0.1, 0.15) is 18.2 Å². The molecule has 0 unspecified atom stereocenters. The van der Waals surface area contributed by atoms with E-state index >= 15 is 0 Å². The highest BCUT2D eigenvalue weighted by molar-refractivity contribution is 5.74. The van der Waals surface area contributed by atoms with Crippen LogP contribution in [0.5, 0.6) is 5.75 Å². The summed E-state index contributed by atoms with van der Waals surface area (Å²) in [5.74, 6) is 0.574. The molecule has 6 heteroatoms. The highest BCUT2D eigenvalue weighted by Crippen LogP contribution is 2.25. The minimum absolute atomic E-state index is 0.00804. The first-order valence-corrected chi connectivity index (χ1v) is 10.3. The Hall–Kier alpha value is -2.60.